The third kappa shape index (κ3) is 70.0. The van der Waals surface area contributed by atoms with Crippen LogP contribution in [0.2, 0.25) is 0 Å². The molecule has 0 rings (SSSR count). The van der Waals surface area contributed by atoms with E-state index in [1.54, 1.807) is 0 Å². The Morgan fingerprint density at radius 1 is 0.372 bits per heavy atom. The van der Waals surface area contributed by atoms with Crippen LogP contribution in [0.15, 0.2) is 97.2 Å². The largest absolute Gasteiger partial charge is 0.756 e. The highest BCUT2D eigenvalue weighted by Gasteiger charge is 2.22. The maximum atomic E-state index is 12.9. The quantitative estimate of drug-likeness (QED) is 0.0195. The van der Waals surface area contributed by atoms with Crippen LogP contribution in [0.25, 0.3) is 0 Å². The normalized spacial score (nSPS) is 13.7. The number of unbranched alkanes of at least 4 members (excludes halogenated alkanes) is 36. The van der Waals surface area contributed by atoms with Gasteiger partial charge < -0.3 is 27.9 Å². The molecule has 9 nitrogen and oxygen atoms in total. The van der Waals surface area contributed by atoms with Crippen molar-refractivity contribution in [3.05, 3.63) is 97.2 Å². The summed E-state index contributed by atoms with van der Waals surface area (Å²) in [5.41, 5.74) is 0. The summed E-state index contributed by atoms with van der Waals surface area (Å²) in [6.45, 7) is 4.16. The van der Waals surface area contributed by atoms with Gasteiger partial charge in [0.1, 0.15) is 19.8 Å². The number of carbonyl (C=O) groups excluding carboxylic acids is 2. The molecule has 0 aliphatic carbocycles. The van der Waals surface area contributed by atoms with Crippen LogP contribution in [-0.2, 0) is 32.7 Å². The lowest BCUT2D eigenvalue weighted by atomic mass is 10.0. The minimum absolute atomic E-state index is 0.0352. The van der Waals surface area contributed by atoms with Crippen LogP contribution >= 0.6 is 7.82 Å². The van der Waals surface area contributed by atoms with Crippen molar-refractivity contribution < 1.29 is 42.1 Å². The summed E-state index contributed by atoms with van der Waals surface area (Å²) < 4.78 is 34.3. The molecule has 0 aliphatic rings. The molecule has 0 N–H and O–H groups in total. The predicted octanol–water partition coefficient (Wildman–Crippen LogP) is 22.9. The molecule has 2 atom stereocenters. The van der Waals surface area contributed by atoms with Crippen molar-refractivity contribution in [3.63, 3.8) is 0 Å². The number of allylic oxidation sites excluding steroid dienone is 16. The number of nitrogens with zero attached hydrogens (tertiary/aromatic N) is 1. The molecule has 0 aromatic carbocycles. The number of carbonyl (C=O) groups is 2. The SMILES string of the molecule is CC/C=C\C/C=C\C/C=C\C/C=C\C/C=C\C/C=C\C/C=C\C/C=C\CCCCCCCCCCC(=O)OC(COC(=O)CCCCCCCCCCCCCCCCCCCCCCCCCCCCCCC)COP(=O)([O-])OCC[N+](C)(C)C. The fraction of sp³-hybridized carbons (Fsp3) is 0.763. The summed E-state index contributed by atoms with van der Waals surface area (Å²) in [5.74, 6) is -0.834. The molecule has 0 bridgehead atoms. The Labute approximate surface area is 532 Å². The highest BCUT2D eigenvalue weighted by atomic mass is 31.2. The molecule has 0 saturated heterocycles. The molecule has 0 saturated carbocycles. The minimum Gasteiger partial charge on any atom is -0.756 e. The second-order valence-electron chi connectivity index (χ2n) is 25.2. The van der Waals surface area contributed by atoms with E-state index in [-0.39, 0.29) is 32.0 Å². The molecule has 86 heavy (non-hydrogen) atoms. The van der Waals surface area contributed by atoms with Crippen molar-refractivity contribution in [3.8, 4) is 0 Å². The fourth-order valence-corrected chi connectivity index (χ4v) is 10.9. The summed E-state index contributed by atoms with van der Waals surface area (Å²) in [6.07, 6.45) is 92.1. The lowest BCUT2D eigenvalue weighted by molar-refractivity contribution is -0.870. The number of rotatable bonds is 66. The first-order chi connectivity index (χ1) is 42.0. The van der Waals surface area contributed by atoms with Crippen LogP contribution in [0.4, 0.5) is 0 Å². The van der Waals surface area contributed by atoms with Crippen molar-refractivity contribution in [1.29, 1.82) is 0 Å². The van der Waals surface area contributed by atoms with Gasteiger partial charge in [-0.15, -0.1) is 0 Å². The number of hydrogen-bond donors (Lipinski definition) is 0. The van der Waals surface area contributed by atoms with Crippen LogP contribution in [0.1, 0.15) is 322 Å². The number of esters is 2. The zero-order chi connectivity index (χ0) is 62.6. The van der Waals surface area contributed by atoms with Crippen LogP contribution in [-0.4, -0.2) is 70.0 Å². The van der Waals surface area contributed by atoms with Crippen molar-refractivity contribution in [2.24, 2.45) is 0 Å². The second kappa shape index (κ2) is 66.4. The summed E-state index contributed by atoms with van der Waals surface area (Å²) >= 11 is 0. The predicted molar refractivity (Wildman–Crippen MR) is 369 cm³/mol. The average Bonchev–Trinajstić information content (AvgIpc) is 3.70. The van der Waals surface area contributed by atoms with Crippen LogP contribution in [0, 0.1) is 0 Å². The Bertz CT molecular complexity index is 1770. The molecule has 0 spiro atoms. The number of hydrogen-bond acceptors (Lipinski definition) is 8. The van der Waals surface area contributed by atoms with Crippen molar-refractivity contribution in [2.75, 3.05) is 47.5 Å². The number of quaternary nitrogens is 1. The third-order valence-corrected chi connectivity index (χ3v) is 16.6. The number of ether oxygens (including phenoxy) is 2. The Hall–Kier alpha value is -3.07. The van der Waals surface area contributed by atoms with E-state index in [4.69, 9.17) is 18.5 Å². The molecular formula is C76H136NO8P. The van der Waals surface area contributed by atoms with E-state index in [1.165, 1.54) is 193 Å². The van der Waals surface area contributed by atoms with Gasteiger partial charge in [0, 0.05) is 12.8 Å². The average molecular weight is 1220 g/mol. The maximum Gasteiger partial charge on any atom is 0.306 e. The van der Waals surface area contributed by atoms with Crippen molar-refractivity contribution in [1.82, 2.24) is 0 Å². The highest BCUT2D eigenvalue weighted by Crippen LogP contribution is 2.38. The van der Waals surface area contributed by atoms with Crippen molar-refractivity contribution in [2.45, 2.75) is 328 Å². The van der Waals surface area contributed by atoms with Gasteiger partial charge in [-0.2, -0.15) is 0 Å². The molecule has 0 aromatic heterocycles. The van der Waals surface area contributed by atoms with Gasteiger partial charge in [0.15, 0.2) is 6.10 Å². The molecule has 0 radical (unpaired) electrons. The summed E-state index contributed by atoms with van der Waals surface area (Å²) in [5, 5.41) is 0. The third-order valence-electron chi connectivity index (χ3n) is 15.6. The van der Waals surface area contributed by atoms with E-state index in [0.29, 0.717) is 17.4 Å². The van der Waals surface area contributed by atoms with E-state index < -0.39 is 26.5 Å². The van der Waals surface area contributed by atoms with E-state index >= 15 is 0 Å². The Morgan fingerprint density at radius 2 is 0.663 bits per heavy atom. The fourth-order valence-electron chi connectivity index (χ4n) is 10.1. The monoisotopic (exact) mass is 1220 g/mol. The Kier molecular flexibility index (Phi) is 64.0. The van der Waals surface area contributed by atoms with Gasteiger partial charge in [-0.05, 0) is 77.0 Å². The van der Waals surface area contributed by atoms with Gasteiger partial charge in [-0.3, -0.25) is 14.2 Å². The second-order valence-corrected chi connectivity index (χ2v) is 26.6. The van der Waals surface area contributed by atoms with Crippen molar-refractivity contribution >= 4 is 19.8 Å². The topological polar surface area (TPSA) is 111 Å². The Balaban J connectivity index is 4.07. The standard InChI is InChI=1S/C76H136NO8P/c1-6-8-10-12-14-16-18-20-22-24-26-28-30-32-34-36-37-38-39-41-43-45-47-49-51-53-55-57-59-61-63-65-67-69-76(79)85-74(73-84-86(80,81)83-71-70-77(3,4)5)72-82-75(78)68-66-64-62-60-58-56-54-52-50-48-46-44-42-40-35-33-31-29-27-25-23-21-19-17-15-13-11-9-7-2/h8,10,14,16,20,22,26,28,32,34,37-38,41,43,47,49,74H,6-7,9,11-13,15,17-19,21,23-25,27,29-31,33,35-36,39-40,42,44-46,48,50-73H2,1-5H3/b10-8-,16-14-,22-20-,28-26-,34-32-,38-37-,43-41-,49-47-. The molecule has 0 heterocycles. The zero-order valence-electron chi connectivity index (χ0n) is 56.7. The van der Waals surface area contributed by atoms with Gasteiger partial charge in [0.2, 0.25) is 0 Å². The summed E-state index contributed by atoms with van der Waals surface area (Å²) in [6, 6.07) is 0. The number of likely N-dealkylation sites (N-methyl/N-ethyl adjacent to an activating group) is 1. The van der Waals surface area contributed by atoms with Gasteiger partial charge in [0.05, 0.1) is 27.7 Å². The van der Waals surface area contributed by atoms with Crippen LogP contribution in [0.3, 0.4) is 0 Å². The minimum atomic E-state index is -4.65. The summed E-state index contributed by atoms with van der Waals surface area (Å²) in [7, 11) is 1.16. The molecule has 0 aromatic rings. The molecule has 498 valence electrons. The van der Waals surface area contributed by atoms with Gasteiger partial charge in [0.25, 0.3) is 7.82 Å². The van der Waals surface area contributed by atoms with E-state index in [9.17, 15) is 19.0 Å². The number of phosphoric acid groups is 1. The first kappa shape index (κ1) is 82.9. The van der Waals surface area contributed by atoms with E-state index in [0.717, 1.165) is 96.3 Å². The summed E-state index contributed by atoms with van der Waals surface area (Å²) in [4.78, 5) is 38.1. The molecule has 10 heteroatoms. The van der Waals surface area contributed by atoms with Gasteiger partial charge >= 0.3 is 11.9 Å². The van der Waals surface area contributed by atoms with Crippen LogP contribution in [0.5, 0.6) is 0 Å². The number of phosphoric ester groups is 1. The maximum absolute atomic E-state index is 12.9. The molecule has 2 unspecified atom stereocenters. The lowest BCUT2D eigenvalue weighted by Crippen LogP contribution is -2.37. The zero-order valence-corrected chi connectivity index (χ0v) is 57.6. The molecule has 0 aliphatic heterocycles. The Morgan fingerprint density at radius 3 is 0.988 bits per heavy atom. The van der Waals surface area contributed by atoms with Gasteiger partial charge in [-0.1, -0.05) is 329 Å². The molecule has 0 amide bonds. The van der Waals surface area contributed by atoms with Crippen LogP contribution < -0.4 is 4.89 Å². The lowest BCUT2D eigenvalue weighted by Gasteiger charge is -2.28. The van der Waals surface area contributed by atoms with E-state index in [2.05, 4.69) is 111 Å². The highest BCUT2D eigenvalue weighted by molar-refractivity contribution is 7.45. The molecule has 0 fully saturated rings. The first-order valence-corrected chi connectivity index (χ1v) is 37.4. The van der Waals surface area contributed by atoms with E-state index in [1.807, 2.05) is 21.1 Å². The molecular weight excluding hydrogens is 1090 g/mol. The smallest absolute Gasteiger partial charge is 0.306 e. The van der Waals surface area contributed by atoms with Gasteiger partial charge in [-0.25, -0.2) is 0 Å². The first-order valence-electron chi connectivity index (χ1n) is 35.9.